The minimum atomic E-state index is -3.85. The van der Waals surface area contributed by atoms with Crippen LogP contribution in [0.25, 0.3) is 0 Å². The van der Waals surface area contributed by atoms with E-state index in [1.165, 1.54) is 4.31 Å². The minimum Gasteiger partial charge on any atom is -0.481 e. The SMILES string of the molecule is CC(C)N(CCCC(=O)O)S(=O)(=O)c1ccc(F)c(Cl)c1. The maximum Gasteiger partial charge on any atom is 0.303 e. The van der Waals surface area contributed by atoms with Crippen LogP contribution in [-0.4, -0.2) is 36.4 Å². The van der Waals surface area contributed by atoms with Crippen LogP contribution in [0.4, 0.5) is 4.39 Å². The zero-order chi connectivity index (χ0) is 16.2. The average Bonchev–Trinajstić information content (AvgIpc) is 2.36. The Morgan fingerprint density at radius 1 is 1.43 bits per heavy atom. The standard InChI is InChI=1S/C13H17ClFNO4S/c1-9(2)16(7-3-4-13(17)18)21(19,20)10-5-6-12(15)11(14)8-10/h5-6,8-9H,3-4,7H2,1-2H3,(H,17,18). The van der Waals surface area contributed by atoms with Gasteiger partial charge < -0.3 is 5.11 Å². The predicted molar refractivity (Wildman–Crippen MR) is 77.3 cm³/mol. The summed E-state index contributed by atoms with van der Waals surface area (Å²) >= 11 is 5.61. The van der Waals surface area contributed by atoms with Gasteiger partial charge in [0, 0.05) is 19.0 Å². The van der Waals surface area contributed by atoms with Crippen molar-refractivity contribution in [2.24, 2.45) is 0 Å². The van der Waals surface area contributed by atoms with E-state index >= 15 is 0 Å². The molecule has 118 valence electrons. The molecule has 0 aromatic heterocycles. The highest BCUT2D eigenvalue weighted by atomic mass is 35.5. The van der Waals surface area contributed by atoms with E-state index in [1.807, 2.05) is 0 Å². The number of carboxylic acid groups (broad SMARTS) is 1. The zero-order valence-electron chi connectivity index (χ0n) is 11.7. The van der Waals surface area contributed by atoms with Crippen molar-refractivity contribution in [1.82, 2.24) is 4.31 Å². The van der Waals surface area contributed by atoms with Crippen LogP contribution in [0.2, 0.25) is 5.02 Å². The molecule has 0 amide bonds. The highest BCUT2D eigenvalue weighted by Crippen LogP contribution is 2.24. The quantitative estimate of drug-likeness (QED) is 0.830. The average molecular weight is 338 g/mol. The first kappa shape index (κ1) is 17.9. The molecule has 0 aliphatic heterocycles. The van der Waals surface area contributed by atoms with E-state index in [0.717, 1.165) is 18.2 Å². The molecular formula is C13H17ClFNO4S. The lowest BCUT2D eigenvalue weighted by atomic mass is 10.3. The number of benzene rings is 1. The Labute approximate surface area is 128 Å². The second-order valence-corrected chi connectivity index (χ2v) is 7.08. The summed E-state index contributed by atoms with van der Waals surface area (Å²) in [6.45, 7) is 3.44. The van der Waals surface area contributed by atoms with E-state index in [0.29, 0.717) is 0 Å². The third kappa shape index (κ3) is 4.66. The van der Waals surface area contributed by atoms with Crippen LogP contribution in [0.1, 0.15) is 26.7 Å². The maximum absolute atomic E-state index is 13.1. The smallest absolute Gasteiger partial charge is 0.303 e. The minimum absolute atomic E-state index is 0.0707. The fraction of sp³-hybridized carbons (Fsp3) is 0.462. The normalized spacial score (nSPS) is 12.1. The van der Waals surface area contributed by atoms with Crippen molar-refractivity contribution in [2.75, 3.05) is 6.54 Å². The molecule has 1 aromatic carbocycles. The predicted octanol–water partition coefficient (Wildman–Crippen LogP) is 2.74. The number of carbonyl (C=O) groups is 1. The molecule has 0 atom stereocenters. The van der Waals surface area contributed by atoms with E-state index < -0.39 is 21.8 Å². The molecule has 8 heteroatoms. The number of sulfonamides is 1. The van der Waals surface area contributed by atoms with Crippen molar-refractivity contribution in [3.63, 3.8) is 0 Å². The second-order valence-electron chi connectivity index (χ2n) is 4.78. The second kappa shape index (κ2) is 7.20. The summed E-state index contributed by atoms with van der Waals surface area (Å²) in [5.74, 6) is -1.68. The largest absolute Gasteiger partial charge is 0.481 e. The van der Waals surface area contributed by atoms with Gasteiger partial charge in [-0.1, -0.05) is 11.6 Å². The van der Waals surface area contributed by atoms with Gasteiger partial charge in [0.25, 0.3) is 0 Å². The van der Waals surface area contributed by atoms with Gasteiger partial charge in [0.15, 0.2) is 0 Å². The number of nitrogens with zero attached hydrogens (tertiary/aromatic N) is 1. The molecular weight excluding hydrogens is 321 g/mol. The van der Waals surface area contributed by atoms with E-state index in [9.17, 15) is 17.6 Å². The lowest BCUT2D eigenvalue weighted by Gasteiger charge is -2.25. The molecule has 0 heterocycles. The molecule has 1 rings (SSSR count). The molecule has 0 saturated heterocycles. The zero-order valence-corrected chi connectivity index (χ0v) is 13.3. The van der Waals surface area contributed by atoms with Gasteiger partial charge in [0.2, 0.25) is 10.0 Å². The monoisotopic (exact) mass is 337 g/mol. The van der Waals surface area contributed by atoms with E-state index in [-0.39, 0.29) is 35.3 Å². The Hall–Kier alpha value is -1.18. The summed E-state index contributed by atoms with van der Waals surface area (Å²) in [7, 11) is -3.85. The first-order valence-corrected chi connectivity index (χ1v) is 8.16. The summed E-state index contributed by atoms with van der Waals surface area (Å²) in [4.78, 5) is 10.4. The van der Waals surface area contributed by atoms with E-state index in [4.69, 9.17) is 16.7 Å². The molecule has 0 saturated carbocycles. The van der Waals surface area contributed by atoms with Crippen molar-refractivity contribution >= 4 is 27.6 Å². The van der Waals surface area contributed by atoms with Gasteiger partial charge in [-0.15, -0.1) is 0 Å². The number of rotatable bonds is 7. The number of halogens is 2. The summed E-state index contributed by atoms with van der Waals surface area (Å²) < 4.78 is 39.3. The van der Waals surface area contributed by atoms with Crippen LogP contribution in [-0.2, 0) is 14.8 Å². The van der Waals surface area contributed by atoms with Crippen LogP contribution < -0.4 is 0 Å². The molecule has 0 radical (unpaired) electrons. The topological polar surface area (TPSA) is 74.7 Å². The van der Waals surface area contributed by atoms with Crippen molar-refractivity contribution in [2.45, 2.75) is 37.6 Å². The lowest BCUT2D eigenvalue weighted by molar-refractivity contribution is -0.137. The Kier molecular flexibility index (Phi) is 6.12. The van der Waals surface area contributed by atoms with E-state index in [1.54, 1.807) is 13.8 Å². The van der Waals surface area contributed by atoms with Gasteiger partial charge in [-0.25, -0.2) is 12.8 Å². The summed E-state index contributed by atoms with van der Waals surface area (Å²) in [5, 5.41) is 8.35. The molecule has 1 aromatic rings. The molecule has 0 fully saturated rings. The van der Waals surface area contributed by atoms with Crippen LogP contribution in [0, 0.1) is 5.82 Å². The molecule has 5 nitrogen and oxygen atoms in total. The van der Waals surface area contributed by atoms with Gasteiger partial charge in [-0.05, 0) is 38.5 Å². The number of carboxylic acids is 1. The molecule has 1 N–H and O–H groups in total. The van der Waals surface area contributed by atoms with Gasteiger partial charge >= 0.3 is 5.97 Å². The number of hydrogen-bond donors (Lipinski definition) is 1. The van der Waals surface area contributed by atoms with Crippen molar-refractivity contribution in [1.29, 1.82) is 0 Å². The number of aliphatic carboxylic acids is 1. The molecule has 0 unspecified atom stereocenters. The summed E-state index contributed by atoms with van der Waals surface area (Å²) in [6.07, 6.45) is 0.0740. The van der Waals surface area contributed by atoms with Crippen LogP contribution in [0.15, 0.2) is 23.1 Å². The fourth-order valence-corrected chi connectivity index (χ4v) is 3.76. The fourth-order valence-electron chi connectivity index (χ4n) is 1.81. The molecule has 21 heavy (non-hydrogen) atoms. The van der Waals surface area contributed by atoms with Gasteiger partial charge in [0.05, 0.1) is 9.92 Å². The van der Waals surface area contributed by atoms with Gasteiger partial charge in [0.1, 0.15) is 5.82 Å². The van der Waals surface area contributed by atoms with Gasteiger partial charge in [-0.3, -0.25) is 4.79 Å². The molecule has 0 aliphatic rings. The Bertz CT molecular complexity index is 619. The third-order valence-electron chi connectivity index (χ3n) is 2.84. The highest BCUT2D eigenvalue weighted by molar-refractivity contribution is 7.89. The lowest BCUT2D eigenvalue weighted by Crippen LogP contribution is -2.37. The Morgan fingerprint density at radius 2 is 2.05 bits per heavy atom. The molecule has 0 spiro atoms. The Morgan fingerprint density at radius 3 is 2.52 bits per heavy atom. The van der Waals surface area contributed by atoms with Crippen LogP contribution in [0.5, 0.6) is 0 Å². The maximum atomic E-state index is 13.1. The van der Waals surface area contributed by atoms with Crippen molar-refractivity contribution in [3.8, 4) is 0 Å². The Balaban J connectivity index is 3.04. The first-order chi connectivity index (χ1) is 9.66. The summed E-state index contributed by atoms with van der Waals surface area (Å²) in [6, 6.07) is 2.83. The van der Waals surface area contributed by atoms with Crippen molar-refractivity contribution < 1.29 is 22.7 Å². The molecule has 0 bridgehead atoms. The molecule has 0 aliphatic carbocycles. The van der Waals surface area contributed by atoms with Crippen LogP contribution in [0.3, 0.4) is 0 Å². The summed E-state index contributed by atoms with van der Waals surface area (Å²) in [5.41, 5.74) is 0. The van der Waals surface area contributed by atoms with Gasteiger partial charge in [-0.2, -0.15) is 4.31 Å². The number of hydrogen-bond acceptors (Lipinski definition) is 3. The highest BCUT2D eigenvalue weighted by Gasteiger charge is 2.27. The van der Waals surface area contributed by atoms with Crippen molar-refractivity contribution in [3.05, 3.63) is 29.0 Å². The van der Waals surface area contributed by atoms with E-state index in [2.05, 4.69) is 0 Å². The van der Waals surface area contributed by atoms with Crippen LogP contribution >= 0.6 is 11.6 Å². The third-order valence-corrected chi connectivity index (χ3v) is 5.20. The first-order valence-electron chi connectivity index (χ1n) is 6.35.